The molecule has 20 heavy (non-hydrogen) atoms. The van der Waals surface area contributed by atoms with Crippen molar-refractivity contribution in [2.75, 3.05) is 7.11 Å². The van der Waals surface area contributed by atoms with Crippen molar-refractivity contribution < 1.29 is 18.3 Å². The maximum Gasteiger partial charge on any atom is 0.362 e. The van der Waals surface area contributed by atoms with Crippen molar-refractivity contribution in [3.05, 3.63) is 57.5 Å². The van der Waals surface area contributed by atoms with Crippen LogP contribution in [-0.4, -0.2) is 22.9 Å². The third-order valence-corrected chi connectivity index (χ3v) is 2.66. The minimum atomic E-state index is -0.947. The van der Waals surface area contributed by atoms with Gasteiger partial charge in [-0.2, -0.15) is 5.10 Å². The van der Waals surface area contributed by atoms with Crippen LogP contribution < -0.4 is 5.43 Å². The van der Waals surface area contributed by atoms with Gasteiger partial charge in [-0.05, 0) is 18.6 Å². The van der Waals surface area contributed by atoms with Crippen molar-refractivity contribution in [2.24, 2.45) is 0 Å². The Labute approximate surface area is 112 Å². The summed E-state index contributed by atoms with van der Waals surface area (Å²) in [4.78, 5) is 22.8. The van der Waals surface area contributed by atoms with Gasteiger partial charge in [0.15, 0.2) is 0 Å². The van der Waals surface area contributed by atoms with Crippen molar-refractivity contribution in [3.63, 3.8) is 0 Å². The zero-order valence-electron chi connectivity index (χ0n) is 10.7. The van der Waals surface area contributed by atoms with Crippen molar-refractivity contribution in [3.8, 4) is 5.69 Å². The van der Waals surface area contributed by atoms with E-state index in [-0.39, 0.29) is 11.3 Å². The number of aromatic nitrogens is 2. The van der Waals surface area contributed by atoms with E-state index in [1.807, 2.05) is 0 Å². The molecule has 1 heterocycles. The molecule has 2 aromatic rings. The first-order valence-corrected chi connectivity index (χ1v) is 5.58. The first-order valence-electron chi connectivity index (χ1n) is 5.58. The molecule has 0 amide bonds. The van der Waals surface area contributed by atoms with E-state index in [2.05, 4.69) is 9.84 Å². The van der Waals surface area contributed by atoms with Crippen LogP contribution in [0.25, 0.3) is 5.69 Å². The Bertz CT molecular complexity index is 741. The molecule has 1 aromatic heterocycles. The number of methoxy groups -OCH3 is 1. The average Bonchev–Trinajstić information content (AvgIpc) is 2.43. The van der Waals surface area contributed by atoms with E-state index >= 15 is 0 Å². The Kier molecular flexibility index (Phi) is 3.60. The molecule has 0 unspecified atom stereocenters. The highest BCUT2D eigenvalue weighted by atomic mass is 19.1. The number of halogens is 2. The van der Waals surface area contributed by atoms with E-state index in [9.17, 15) is 18.4 Å². The highest BCUT2D eigenvalue weighted by Gasteiger charge is 2.15. The van der Waals surface area contributed by atoms with Gasteiger partial charge in [0.2, 0.25) is 11.1 Å². The first kappa shape index (κ1) is 13.9. The number of esters is 1. The van der Waals surface area contributed by atoms with Gasteiger partial charge in [-0.15, -0.1) is 0 Å². The average molecular weight is 280 g/mol. The van der Waals surface area contributed by atoms with Crippen LogP contribution in [0.4, 0.5) is 8.78 Å². The van der Waals surface area contributed by atoms with Crippen LogP contribution in [0.2, 0.25) is 0 Å². The summed E-state index contributed by atoms with van der Waals surface area (Å²) < 4.78 is 32.6. The van der Waals surface area contributed by atoms with E-state index in [0.29, 0.717) is 0 Å². The summed E-state index contributed by atoms with van der Waals surface area (Å²) in [6.07, 6.45) is 1.14. The number of benzene rings is 1. The van der Waals surface area contributed by atoms with Crippen molar-refractivity contribution >= 4 is 5.97 Å². The van der Waals surface area contributed by atoms with Crippen molar-refractivity contribution in [1.29, 1.82) is 0 Å². The summed E-state index contributed by atoms with van der Waals surface area (Å²) in [7, 11) is 1.09. The van der Waals surface area contributed by atoms with E-state index in [4.69, 9.17) is 0 Å². The predicted octanol–water partition coefficient (Wildman–Crippen LogP) is 1.61. The third kappa shape index (κ3) is 2.42. The molecular formula is C13H10F2N2O3. The Morgan fingerprint density at radius 3 is 2.65 bits per heavy atom. The molecule has 0 bridgehead atoms. The quantitative estimate of drug-likeness (QED) is 0.784. The smallest absolute Gasteiger partial charge is 0.362 e. The SMILES string of the molecule is COC(=O)c1nn(-c2cc(F)c(C)cc2F)ccc1=O. The minimum absolute atomic E-state index is 0.139. The molecule has 0 saturated heterocycles. The molecule has 104 valence electrons. The molecule has 0 atom stereocenters. The summed E-state index contributed by atoms with van der Waals surface area (Å²) in [5.41, 5.74) is -1.24. The lowest BCUT2D eigenvalue weighted by atomic mass is 10.2. The molecule has 7 heteroatoms. The molecule has 0 aliphatic carbocycles. The summed E-state index contributed by atoms with van der Waals surface area (Å²) in [5.74, 6) is -2.30. The number of rotatable bonds is 2. The van der Waals surface area contributed by atoms with Crippen LogP contribution in [0.5, 0.6) is 0 Å². The van der Waals surface area contributed by atoms with Gasteiger partial charge in [0.05, 0.1) is 7.11 Å². The highest BCUT2D eigenvalue weighted by molar-refractivity contribution is 5.86. The summed E-state index contributed by atoms with van der Waals surface area (Å²) in [6.45, 7) is 1.42. The molecule has 0 N–H and O–H groups in total. The second-order valence-corrected chi connectivity index (χ2v) is 4.02. The van der Waals surface area contributed by atoms with Crippen LogP contribution in [-0.2, 0) is 4.74 Å². The molecule has 5 nitrogen and oxygen atoms in total. The zero-order valence-corrected chi connectivity index (χ0v) is 10.7. The largest absolute Gasteiger partial charge is 0.464 e. The number of aryl methyl sites for hydroxylation is 1. The predicted molar refractivity (Wildman–Crippen MR) is 65.8 cm³/mol. The number of carbonyl (C=O) groups excluding carboxylic acids is 1. The van der Waals surface area contributed by atoms with Crippen molar-refractivity contribution in [2.45, 2.75) is 6.92 Å². The topological polar surface area (TPSA) is 61.2 Å². The Morgan fingerprint density at radius 2 is 2.00 bits per heavy atom. The summed E-state index contributed by atoms with van der Waals surface area (Å²) >= 11 is 0. The Hall–Kier alpha value is -2.57. The first-order chi connectivity index (χ1) is 9.43. The van der Waals surface area contributed by atoms with Crippen LogP contribution >= 0.6 is 0 Å². The van der Waals surface area contributed by atoms with Gasteiger partial charge in [0.25, 0.3) is 0 Å². The maximum atomic E-state index is 13.8. The van der Waals surface area contributed by atoms with E-state index < -0.39 is 28.7 Å². The zero-order chi connectivity index (χ0) is 14.9. The van der Waals surface area contributed by atoms with Crippen LogP contribution in [0.1, 0.15) is 16.1 Å². The lowest BCUT2D eigenvalue weighted by Gasteiger charge is -2.09. The van der Waals surface area contributed by atoms with E-state index in [1.165, 1.54) is 6.92 Å². The molecule has 0 aliphatic rings. The second-order valence-electron chi connectivity index (χ2n) is 4.02. The third-order valence-electron chi connectivity index (χ3n) is 2.66. The summed E-state index contributed by atoms with van der Waals surface area (Å²) in [5, 5.41) is 3.67. The fourth-order valence-electron chi connectivity index (χ4n) is 1.59. The minimum Gasteiger partial charge on any atom is -0.464 e. The summed E-state index contributed by atoms with van der Waals surface area (Å²) in [6, 6.07) is 2.96. The molecule has 0 radical (unpaired) electrons. The molecule has 0 aliphatic heterocycles. The number of ether oxygens (including phenoxy) is 1. The molecule has 1 aromatic carbocycles. The molecule has 0 spiro atoms. The van der Waals surface area contributed by atoms with Crippen LogP contribution in [0, 0.1) is 18.6 Å². The van der Waals surface area contributed by atoms with Gasteiger partial charge in [-0.1, -0.05) is 0 Å². The fraction of sp³-hybridized carbons (Fsp3) is 0.154. The number of hydrogen-bond donors (Lipinski definition) is 0. The Balaban J connectivity index is 2.62. The van der Waals surface area contributed by atoms with Gasteiger partial charge in [0.1, 0.15) is 17.3 Å². The molecule has 0 fully saturated rings. The van der Waals surface area contributed by atoms with Gasteiger partial charge >= 0.3 is 5.97 Å². The van der Waals surface area contributed by atoms with E-state index in [1.54, 1.807) is 0 Å². The van der Waals surface area contributed by atoms with Crippen LogP contribution in [0.15, 0.2) is 29.2 Å². The number of hydrogen-bond acceptors (Lipinski definition) is 4. The van der Waals surface area contributed by atoms with Crippen LogP contribution in [0.3, 0.4) is 0 Å². The monoisotopic (exact) mass is 280 g/mol. The number of nitrogens with zero attached hydrogens (tertiary/aromatic N) is 2. The number of carbonyl (C=O) groups is 1. The second kappa shape index (κ2) is 5.20. The lowest BCUT2D eigenvalue weighted by molar-refractivity contribution is 0.0590. The highest BCUT2D eigenvalue weighted by Crippen LogP contribution is 2.17. The van der Waals surface area contributed by atoms with E-state index in [0.717, 1.165) is 36.2 Å². The van der Waals surface area contributed by atoms with Gasteiger partial charge in [-0.25, -0.2) is 18.3 Å². The molecule has 0 saturated carbocycles. The maximum absolute atomic E-state index is 13.8. The van der Waals surface area contributed by atoms with Gasteiger partial charge in [-0.3, -0.25) is 4.79 Å². The molecule has 2 rings (SSSR count). The Morgan fingerprint density at radius 1 is 1.30 bits per heavy atom. The lowest BCUT2D eigenvalue weighted by Crippen LogP contribution is -2.22. The van der Waals surface area contributed by atoms with Crippen molar-refractivity contribution in [1.82, 2.24) is 9.78 Å². The fourth-order valence-corrected chi connectivity index (χ4v) is 1.59. The van der Waals surface area contributed by atoms with Gasteiger partial charge in [0, 0.05) is 18.3 Å². The van der Waals surface area contributed by atoms with Gasteiger partial charge < -0.3 is 4.74 Å². The standard InChI is InChI=1S/C13H10F2N2O3/c1-7-5-9(15)10(6-8(7)14)17-4-3-11(18)12(16-17)13(19)20-2/h3-6H,1-2H3. The normalized spacial score (nSPS) is 10.4. The molecular weight excluding hydrogens is 270 g/mol.